The van der Waals surface area contributed by atoms with Crippen molar-refractivity contribution >= 4 is 48.1 Å². The van der Waals surface area contributed by atoms with Crippen LogP contribution in [0.2, 0.25) is 5.02 Å². The molecule has 1 N–H and O–H groups in total. The maximum Gasteiger partial charge on any atom is 0.312 e. The first kappa shape index (κ1) is 22.6. The molecule has 1 unspecified atom stereocenters. The number of cyclic esters (lactones) is 1. The van der Waals surface area contributed by atoms with E-state index in [1.165, 1.54) is 5.69 Å². The van der Waals surface area contributed by atoms with Gasteiger partial charge >= 0.3 is 5.97 Å². The Labute approximate surface area is 178 Å². The molecule has 4 rings (SSSR count). The van der Waals surface area contributed by atoms with Crippen LogP contribution in [-0.2, 0) is 9.53 Å². The van der Waals surface area contributed by atoms with Gasteiger partial charge in [0.05, 0.1) is 5.41 Å². The first-order valence-corrected chi connectivity index (χ1v) is 9.67. The average molecular weight is 437 g/mol. The normalized spacial score (nSPS) is 24.9. The van der Waals surface area contributed by atoms with Gasteiger partial charge in [0, 0.05) is 49.9 Å². The van der Waals surface area contributed by atoms with Gasteiger partial charge in [0.15, 0.2) is 0 Å². The number of halogens is 3. The molecule has 0 saturated carbocycles. The van der Waals surface area contributed by atoms with E-state index in [0.29, 0.717) is 0 Å². The van der Waals surface area contributed by atoms with E-state index >= 15 is 0 Å². The third-order valence-corrected chi connectivity index (χ3v) is 6.13. The van der Waals surface area contributed by atoms with E-state index in [0.717, 1.165) is 70.1 Å². The molecule has 0 radical (unpaired) electrons. The summed E-state index contributed by atoms with van der Waals surface area (Å²) in [5.74, 6) is 0.0385. The molecule has 1 atom stereocenters. The van der Waals surface area contributed by atoms with Crippen molar-refractivity contribution in [3.05, 3.63) is 29.3 Å². The first-order chi connectivity index (χ1) is 12.1. The summed E-state index contributed by atoms with van der Waals surface area (Å²) in [6, 6.07) is 8.05. The highest BCUT2D eigenvalue weighted by Gasteiger charge is 2.49. The molecule has 3 fully saturated rings. The minimum Gasteiger partial charge on any atom is -0.461 e. The van der Waals surface area contributed by atoms with Gasteiger partial charge in [-0.15, -0.1) is 24.8 Å². The van der Waals surface area contributed by atoms with Crippen LogP contribution in [0.1, 0.15) is 19.3 Å². The van der Waals surface area contributed by atoms with E-state index < -0.39 is 0 Å². The smallest absolute Gasteiger partial charge is 0.312 e. The number of hydrogen-bond acceptors (Lipinski definition) is 5. The predicted molar refractivity (Wildman–Crippen MR) is 114 cm³/mol. The zero-order valence-electron chi connectivity index (χ0n) is 15.4. The molecule has 3 heterocycles. The number of carbonyl (C=O) groups excluding carboxylic acids is 1. The molecule has 8 heteroatoms. The molecule has 0 bridgehead atoms. The van der Waals surface area contributed by atoms with Gasteiger partial charge in [-0.3, -0.25) is 9.69 Å². The lowest BCUT2D eigenvalue weighted by Crippen LogP contribution is -2.48. The lowest BCUT2D eigenvalue weighted by molar-refractivity contribution is -0.150. The van der Waals surface area contributed by atoms with Crippen LogP contribution < -0.4 is 10.2 Å². The Kier molecular flexibility index (Phi) is 8.07. The molecule has 3 saturated heterocycles. The number of nitrogens with zero attached hydrogens (tertiary/aromatic N) is 2. The van der Waals surface area contributed by atoms with Gasteiger partial charge in [0.25, 0.3) is 0 Å². The largest absolute Gasteiger partial charge is 0.461 e. The Morgan fingerprint density at radius 1 is 1.15 bits per heavy atom. The van der Waals surface area contributed by atoms with Crippen LogP contribution in [0.5, 0.6) is 0 Å². The minimum absolute atomic E-state index is 0. The maximum absolute atomic E-state index is 12.4. The number of benzene rings is 1. The Hall–Kier alpha value is -0.720. The number of carbonyl (C=O) groups is 1. The fourth-order valence-corrected chi connectivity index (χ4v) is 4.59. The summed E-state index contributed by atoms with van der Waals surface area (Å²) in [7, 11) is 0. The molecule has 5 nitrogen and oxygen atoms in total. The van der Waals surface area contributed by atoms with Gasteiger partial charge in [-0.25, -0.2) is 0 Å². The van der Waals surface area contributed by atoms with Crippen LogP contribution in [0.25, 0.3) is 0 Å². The Bertz CT molecular complexity index is 632. The van der Waals surface area contributed by atoms with Crippen molar-refractivity contribution in [1.82, 2.24) is 10.2 Å². The molecule has 3 aliphatic rings. The maximum atomic E-state index is 12.4. The van der Waals surface area contributed by atoms with Gasteiger partial charge in [0.1, 0.15) is 6.10 Å². The predicted octanol–water partition coefficient (Wildman–Crippen LogP) is 2.99. The van der Waals surface area contributed by atoms with Gasteiger partial charge in [0.2, 0.25) is 0 Å². The third-order valence-electron chi connectivity index (χ3n) is 5.89. The summed E-state index contributed by atoms with van der Waals surface area (Å²) in [5, 5.41) is 4.13. The van der Waals surface area contributed by atoms with E-state index in [4.69, 9.17) is 16.3 Å². The molecule has 27 heavy (non-hydrogen) atoms. The van der Waals surface area contributed by atoms with Crippen molar-refractivity contribution in [3.63, 3.8) is 0 Å². The second kappa shape index (κ2) is 9.66. The number of piperazine rings is 1. The summed E-state index contributed by atoms with van der Waals surface area (Å²) in [6.45, 7) is 6.68. The van der Waals surface area contributed by atoms with Crippen molar-refractivity contribution in [2.75, 3.05) is 50.7 Å². The minimum atomic E-state index is -0.210. The second-order valence-corrected chi connectivity index (χ2v) is 7.97. The lowest BCUT2D eigenvalue weighted by Gasteiger charge is -2.37. The fourth-order valence-electron chi connectivity index (χ4n) is 4.40. The number of anilines is 1. The van der Waals surface area contributed by atoms with Gasteiger partial charge in [-0.05, 0) is 44.1 Å². The zero-order chi connectivity index (χ0) is 17.3. The van der Waals surface area contributed by atoms with Crippen molar-refractivity contribution in [2.24, 2.45) is 5.41 Å². The SMILES string of the molecule is Cl.Cl.O=C1OC(CN2CCN(c3cccc(Cl)c3)CC2)CC12CCNCC2. The highest BCUT2D eigenvalue weighted by molar-refractivity contribution is 6.30. The molecule has 3 aliphatic heterocycles. The van der Waals surface area contributed by atoms with E-state index in [9.17, 15) is 4.79 Å². The highest BCUT2D eigenvalue weighted by Crippen LogP contribution is 2.41. The Morgan fingerprint density at radius 3 is 2.52 bits per heavy atom. The topological polar surface area (TPSA) is 44.8 Å². The number of ether oxygens (including phenoxy) is 1. The van der Waals surface area contributed by atoms with Gasteiger partial charge in [-0.1, -0.05) is 17.7 Å². The van der Waals surface area contributed by atoms with E-state index in [1.54, 1.807) is 0 Å². The zero-order valence-corrected chi connectivity index (χ0v) is 17.8. The number of nitrogens with one attached hydrogen (secondary N) is 1. The first-order valence-electron chi connectivity index (χ1n) is 9.29. The third kappa shape index (κ3) is 5.01. The summed E-state index contributed by atoms with van der Waals surface area (Å²) >= 11 is 6.10. The monoisotopic (exact) mass is 435 g/mol. The molecule has 152 valence electrons. The molecule has 0 amide bonds. The van der Waals surface area contributed by atoms with Crippen LogP contribution in [-0.4, -0.2) is 62.8 Å². The standard InChI is InChI=1S/C19H26ClN3O2.2ClH/c20-15-2-1-3-16(12-15)23-10-8-22(9-11-23)14-17-13-19(18(24)25-17)4-6-21-7-5-19;;/h1-3,12,17,21H,4-11,13-14H2;2*1H. The van der Waals surface area contributed by atoms with E-state index in [-0.39, 0.29) is 42.3 Å². The summed E-state index contributed by atoms with van der Waals surface area (Å²) in [6.07, 6.45) is 2.79. The van der Waals surface area contributed by atoms with E-state index in [1.807, 2.05) is 18.2 Å². The summed E-state index contributed by atoms with van der Waals surface area (Å²) in [4.78, 5) is 17.2. The van der Waals surface area contributed by atoms with Crippen molar-refractivity contribution in [2.45, 2.75) is 25.4 Å². The van der Waals surface area contributed by atoms with Crippen LogP contribution in [0.3, 0.4) is 0 Å². The van der Waals surface area contributed by atoms with Crippen molar-refractivity contribution in [1.29, 1.82) is 0 Å². The van der Waals surface area contributed by atoms with Crippen LogP contribution in [0, 0.1) is 5.41 Å². The average Bonchev–Trinajstić information content (AvgIpc) is 2.91. The van der Waals surface area contributed by atoms with Crippen molar-refractivity contribution < 1.29 is 9.53 Å². The molecule has 1 spiro atoms. The number of piperidine rings is 1. The second-order valence-electron chi connectivity index (χ2n) is 7.53. The van der Waals surface area contributed by atoms with Crippen molar-refractivity contribution in [3.8, 4) is 0 Å². The fraction of sp³-hybridized carbons (Fsp3) is 0.632. The van der Waals surface area contributed by atoms with E-state index in [2.05, 4.69) is 21.2 Å². The molecule has 0 aromatic heterocycles. The molecular formula is C19H28Cl3N3O2. The summed E-state index contributed by atoms with van der Waals surface area (Å²) in [5.41, 5.74) is 0.978. The number of hydrogen-bond donors (Lipinski definition) is 1. The lowest BCUT2D eigenvalue weighted by atomic mass is 9.76. The highest BCUT2D eigenvalue weighted by atomic mass is 35.5. The van der Waals surface area contributed by atoms with Crippen LogP contribution in [0.4, 0.5) is 5.69 Å². The number of esters is 1. The molecule has 1 aromatic carbocycles. The van der Waals surface area contributed by atoms with Crippen LogP contribution >= 0.6 is 36.4 Å². The number of rotatable bonds is 3. The molecule has 1 aromatic rings. The summed E-state index contributed by atoms with van der Waals surface area (Å²) < 4.78 is 5.75. The van der Waals surface area contributed by atoms with Gasteiger partial charge < -0.3 is 15.0 Å². The Morgan fingerprint density at radius 2 is 1.85 bits per heavy atom. The van der Waals surface area contributed by atoms with Gasteiger partial charge in [-0.2, -0.15) is 0 Å². The Balaban J connectivity index is 0.00000131. The quantitative estimate of drug-likeness (QED) is 0.738. The molecule has 0 aliphatic carbocycles. The van der Waals surface area contributed by atoms with Crippen LogP contribution in [0.15, 0.2) is 24.3 Å². The molecular weight excluding hydrogens is 409 g/mol.